The molecule has 3 rings (SSSR count). The molecule has 0 atom stereocenters. The summed E-state index contributed by atoms with van der Waals surface area (Å²) in [6.45, 7) is 1.74. The molecule has 1 aromatic heterocycles. The third kappa shape index (κ3) is 4.76. The molecule has 5 heteroatoms. The van der Waals surface area contributed by atoms with Crippen LogP contribution in [-0.2, 0) is 13.2 Å². The second-order valence-electron chi connectivity index (χ2n) is 5.02. The Morgan fingerprint density at radius 2 is 1.61 bits per heavy atom. The van der Waals surface area contributed by atoms with Crippen molar-refractivity contribution in [3.63, 3.8) is 0 Å². The van der Waals surface area contributed by atoms with Crippen molar-refractivity contribution in [3.8, 4) is 11.5 Å². The highest BCUT2D eigenvalue weighted by molar-refractivity contribution is 6.30. The number of hydrogen-bond acceptors (Lipinski definition) is 3. The van der Waals surface area contributed by atoms with Crippen LogP contribution in [0.3, 0.4) is 0 Å². The van der Waals surface area contributed by atoms with Gasteiger partial charge in [0.2, 0.25) is 0 Å². The molecule has 1 heterocycles. The van der Waals surface area contributed by atoms with Gasteiger partial charge in [0.1, 0.15) is 24.7 Å². The Labute approximate surface area is 140 Å². The van der Waals surface area contributed by atoms with Gasteiger partial charge in [0.25, 0.3) is 0 Å². The van der Waals surface area contributed by atoms with Gasteiger partial charge in [-0.15, -0.1) is 0 Å². The molecular formula is C18H17ClN2O2. The standard InChI is InChI=1S/C18H17ClN2O2/c19-16-12-20-21(13-16)10-11-22-17-6-8-18(9-7-17)23-14-15-4-2-1-3-5-15/h1-9,12-13H,10-11,14H2. The largest absolute Gasteiger partial charge is 0.492 e. The molecule has 0 unspecified atom stereocenters. The van der Waals surface area contributed by atoms with Crippen molar-refractivity contribution in [2.24, 2.45) is 0 Å². The zero-order valence-electron chi connectivity index (χ0n) is 12.6. The third-order valence-electron chi connectivity index (χ3n) is 3.26. The van der Waals surface area contributed by atoms with Crippen LogP contribution in [0.15, 0.2) is 67.0 Å². The first kappa shape index (κ1) is 15.4. The van der Waals surface area contributed by atoms with Crippen molar-refractivity contribution < 1.29 is 9.47 Å². The van der Waals surface area contributed by atoms with Crippen molar-refractivity contribution in [2.75, 3.05) is 6.61 Å². The Morgan fingerprint density at radius 1 is 0.913 bits per heavy atom. The van der Waals surface area contributed by atoms with Gasteiger partial charge in [-0.1, -0.05) is 41.9 Å². The fourth-order valence-electron chi connectivity index (χ4n) is 2.09. The summed E-state index contributed by atoms with van der Waals surface area (Å²) in [5, 5.41) is 4.73. The van der Waals surface area contributed by atoms with Crippen LogP contribution in [-0.4, -0.2) is 16.4 Å². The predicted molar refractivity (Wildman–Crippen MR) is 89.9 cm³/mol. The minimum atomic E-state index is 0.530. The van der Waals surface area contributed by atoms with Crippen LogP contribution in [0.25, 0.3) is 0 Å². The Morgan fingerprint density at radius 3 is 2.26 bits per heavy atom. The number of rotatable bonds is 7. The maximum Gasteiger partial charge on any atom is 0.120 e. The first-order chi connectivity index (χ1) is 11.3. The lowest BCUT2D eigenvalue weighted by Gasteiger charge is -2.09. The lowest BCUT2D eigenvalue weighted by molar-refractivity contribution is 0.287. The molecule has 0 radical (unpaired) electrons. The highest BCUT2D eigenvalue weighted by Gasteiger charge is 1.99. The van der Waals surface area contributed by atoms with E-state index in [-0.39, 0.29) is 0 Å². The van der Waals surface area contributed by atoms with Gasteiger partial charge in [-0.2, -0.15) is 5.10 Å². The van der Waals surface area contributed by atoms with Gasteiger partial charge in [0.05, 0.1) is 17.8 Å². The number of halogens is 1. The number of ether oxygens (including phenoxy) is 2. The number of hydrogen-bond donors (Lipinski definition) is 0. The van der Waals surface area contributed by atoms with Crippen LogP contribution in [0.4, 0.5) is 0 Å². The van der Waals surface area contributed by atoms with Crippen LogP contribution >= 0.6 is 11.6 Å². The molecule has 0 amide bonds. The van der Waals surface area contributed by atoms with Crippen LogP contribution in [0.1, 0.15) is 5.56 Å². The molecule has 0 bridgehead atoms. The summed E-state index contributed by atoms with van der Waals surface area (Å²) < 4.78 is 13.2. The van der Waals surface area contributed by atoms with E-state index in [9.17, 15) is 0 Å². The molecule has 4 nitrogen and oxygen atoms in total. The fourth-order valence-corrected chi connectivity index (χ4v) is 2.25. The maximum absolute atomic E-state index is 5.81. The molecule has 118 valence electrons. The molecule has 0 aliphatic heterocycles. The first-order valence-corrected chi connectivity index (χ1v) is 7.75. The molecule has 0 saturated heterocycles. The van der Waals surface area contributed by atoms with Gasteiger partial charge < -0.3 is 9.47 Å². The van der Waals surface area contributed by atoms with E-state index in [1.54, 1.807) is 17.1 Å². The van der Waals surface area contributed by atoms with E-state index in [0.717, 1.165) is 17.1 Å². The zero-order chi connectivity index (χ0) is 15.9. The van der Waals surface area contributed by atoms with E-state index in [1.165, 1.54) is 0 Å². The smallest absolute Gasteiger partial charge is 0.120 e. The average molecular weight is 329 g/mol. The summed E-state index contributed by atoms with van der Waals surface area (Å²) in [5.74, 6) is 1.62. The average Bonchev–Trinajstić information content (AvgIpc) is 3.00. The van der Waals surface area contributed by atoms with Crippen LogP contribution in [0, 0.1) is 0 Å². The summed E-state index contributed by atoms with van der Waals surface area (Å²) in [6, 6.07) is 17.7. The summed E-state index contributed by atoms with van der Waals surface area (Å²) in [4.78, 5) is 0. The SMILES string of the molecule is Clc1cnn(CCOc2ccc(OCc3ccccc3)cc2)c1. The Hall–Kier alpha value is -2.46. The Kier molecular flexibility index (Phi) is 5.17. The van der Waals surface area contributed by atoms with Gasteiger partial charge in [0.15, 0.2) is 0 Å². The Bertz CT molecular complexity index is 726. The normalized spacial score (nSPS) is 10.5. The molecule has 3 aromatic rings. The summed E-state index contributed by atoms with van der Waals surface area (Å²) in [6.07, 6.45) is 3.38. The van der Waals surface area contributed by atoms with Gasteiger partial charge in [0, 0.05) is 6.20 Å². The number of benzene rings is 2. The second-order valence-corrected chi connectivity index (χ2v) is 5.45. The predicted octanol–water partition coefficient (Wildman–Crippen LogP) is 4.19. The lowest BCUT2D eigenvalue weighted by atomic mass is 10.2. The highest BCUT2D eigenvalue weighted by atomic mass is 35.5. The minimum absolute atomic E-state index is 0.530. The molecule has 0 aliphatic rings. The minimum Gasteiger partial charge on any atom is -0.492 e. The van der Waals surface area contributed by atoms with Gasteiger partial charge >= 0.3 is 0 Å². The number of nitrogens with zero attached hydrogens (tertiary/aromatic N) is 2. The molecule has 0 N–H and O–H groups in total. The third-order valence-corrected chi connectivity index (χ3v) is 3.46. The highest BCUT2D eigenvalue weighted by Crippen LogP contribution is 2.18. The van der Waals surface area contributed by atoms with Crippen LogP contribution in [0.5, 0.6) is 11.5 Å². The van der Waals surface area contributed by atoms with Gasteiger partial charge in [-0.25, -0.2) is 0 Å². The molecular weight excluding hydrogens is 312 g/mol. The first-order valence-electron chi connectivity index (χ1n) is 7.37. The quantitative estimate of drug-likeness (QED) is 0.652. The summed E-state index contributed by atoms with van der Waals surface area (Å²) in [7, 11) is 0. The second kappa shape index (κ2) is 7.70. The summed E-state index contributed by atoms with van der Waals surface area (Å²) >= 11 is 5.81. The van der Waals surface area contributed by atoms with E-state index < -0.39 is 0 Å². The van der Waals surface area contributed by atoms with Crippen molar-refractivity contribution in [3.05, 3.63) is 77.6 Å². The van der Waals surface area contributed by atoms with E-state index in [4.69, 9.17) is 21.1 Å². The van der Waals surface area contributed by atoms with E-state index in [1.807, 2.05) is 54.6 Å². The summed E-state index contributed by atoms with van der Waals surface area (Å²) in [5.41, 5.74) is 1.14. The van der Waals surface area contributed by atoms with Crippen molar-refractivity contribution in [1.29, 1.82) is 0 Å². The van der Waals surface area contributed by atoms with E-state index in [2.05, 4.69) is 5.10 Å². The lowest BCUT2D eigenvalue weighted by Crippen LogP contribution is -2.08. The maximum atomic E-state index is 5.81. The van der Waals surface area contributed by atoms with Gasteiger partial charge in [-0.3, -0.25) is 4.68 Å². The molecule has 0 aliphatic carbocycles. The molecule has 0 fully saturated rings. The van der Waals surface area contributed by atoms with E-state index >= 15 is 0 Å². The Balaban J connectivity index is 1.45. The molecule has 0 spiro atoms. The van der Waals surface area contributed by atoms with Crippen molar-refractivity contribution in [1.82, 2.24) is 9.78 Å². The fraction of sp³-hybridized carbons (Fsp3) is 0.167. The zero-order valence-corrected chi connectivity index (χ0v) is 13.3. The molecule has 0 saturated carbocycles. The van der Waals surface area contributed by atoms with Crippen molar-refractivity contribution >= 4 is 11.6 Å². The van der Waals surface area contributed by atoms with E-state index in [0.29, 0.717) is 24.8 Å². The van der Waals surface area contributed by atoms with Crippen LogP contribution in [0.2, 0.25) is 5.02 Å². The topological polar surface area (TPSA) is 36.3 Å². The van der Waals surface area contributed by atoms with Gasteiger partial charge in [-0.05, 0) is 29.8 Å². The molecule has 23 heavy (non-hydrogen) atoms. The number of aromatic nitrogens is 2. The van der Waals surface area contributed by atoms with Crippen molar-refractivity contribution in [2.45, 2.75) is 13.2 Å². The molecule has 2 aromatic carbocycles. The van der Waals surface area contributed by atoms with Crippen LogP contribution < -0.4 is 9.47 Å². The monoisotopic (exact) mass is 328 g/mol.